The summed E-state index contributed by atoms with van der Waals surface area (Å²) in [4.78, 5) is 0. The Morgan fingerprint density at radius 1 is 0.769 bits per heavy atom. The minimum atomic E-state index is -0.881. The highest BCUT2D eigenvalue weighted by molar-refractivity contribution is 5.85. The number of benzene rings is 3. The highest BCUT2D eigenvalue weighted by Crippen LogP contribution is 2.31. The van der Waals surface area contributed by atoms with Crippen LogP contribution in [0.2, 0.25) is 0 Å². The maximum Gasteiger partial charge on any atom is 0.102 e. The molecule has 0 unspecified atom stereocenters. The zero-order chi connectivity index (χ0) is 17.9. The van der Waals surface area contributed by atoms with Crippen molar-refractivity contribution >= 4 is 10.9 Å². The van der Waals surface area contributed by atoms with Crippen molar-refractivity contribution in [2.24, 2.45) is 0 Å². The second-order valence-corrected chi connectivity index (χ2v) is 6.47. The van der Waals surface area contributed by atoms with Crippen molar-refractivity contribution in [3.05, 3.63) is 96.7 Å². The third-order valence-electron chi connectivity index (χ3n) is 4.82. The van der Waals surface area contributed by atoms with Crippen LogP contribution >= 0.6 is 0 Å². The van der Waals surface area contributed by atoms with Crippen LogP contribution in [0.5, 0.6) is 0 Å². The van der Waals surface area contributed by atoms with E-state index in [0.29, 0.717) is 0 Å². The molecule has 3 heteroatoms. The average Bonchev–Trinajstić information content (AvgIpc) is 3.12. The maximum absolute atomic E-state index is 10.5. The lowest BCUT2D eigenvalue weighted by Crippen LogP contribution is -2.27. The van der Waals surface area contributed by atoms with Crippen LogP contribution in [0.25, 0.3) is 22.0 Å². The van der Waals surface area contributed by atoms with Crippen molar-refractivity contribution in [2.45, 2.75) is 12.1 Å². The van der Waals surface area contributed by atoms with E-state index in [9.17, 15) is 10.2 Å². The van der Waals surface area contributed by atoms with Gasteiger partial charge in [0.1, 0.15) is 6.10 Å². The molecule has 3 aromatic carbocycles. The van der Waals surface area contributed by atoms with Gasteiger partial charge in [0.15, 0.2) is 0 Å². The summed E-state index contributed by atoms with van der Waals surface area (Å²) in [5.41, 5.74) is 4.29. The second-order valence-electron chi connectivity index (χ2n) is 6.47. The van der Waals surface area contributed by atoms with Crippen molar-refractivity contribution in [2.75, 3.05) is 6.61 Å². The fourth-order valence-corrected chi connectivity index (χ4v) is 3.52. The Hall–Kier alpha value is -2.88. The van der Waals surface area contributed by atoms with E-state index in [1.165, 1.54) is 0 Å². The molecule has 26 heavy (non-hydrogen) atoms. The van der Waals surface area contributed by atoms with E-state index in [4.69, 9.17) is 0 Å². The number of fused-ring (bicyclic) bond motifs is 1. The summed E-state index contributed by atoms with van der Waals surface area (Å²) in [6, 6.07) is 28.1. The van der Waals surface area contributed by atoms with Crippen LogP contribution in [0.3, 0.4) is 0 Å². The normalized spacial score (nSPS) is 13.6. The Balaban J connectivity index is 1.86. The van der Waals surface area contributed by atoms with Gasteiger partial charge in [-0.2, -0.15) is 0 Å². The van der Waals surface area contributed by atoms with Gasteiger partial charge in [0.05, 0.1) is 12.6 Å². The summed E-state index contributed by atoms with van der Waals surface area (Å²) in [6.45, 7) is -0.294. The zero-order valence-electron chi connectivity index (χ0n) is 14.4. The van der Waals surface area contributed by atoms with Crippen molar-refractivity contribution in [3.8, 4) is 11.1 Å². The molecule has 1 aromatic heterocycles. The molecule has 0 radical (unpaired) electrons. The molecular formula is C23H21NO2. The molecular weight excluding hydrogens is 322 g/mol. The van der Waals surface area contributed by atoms with Gasteiger partial charge in [-0.15, -0.1) is 0 Å². The van der Waals surface area contributed by atoms with Gasteiger partial charge < -0.3 is 14.8 Å². The van der Waals surface area contributed by atoms with Gasteiger partial charge in [-0.1, -0.05) is 72.8 Å². The molecule has 0 saturated carbocycles. The summed E-state index contributed by atoms with van der Waals surface area (Å²) in [6.07, 6.45) is 1.10. The first-order valence-electron chi connectivity index (χ1n) is 8.78. The molecule has 4 rings (SSSR count). The van der Waals surface area contributed by atoms with Crippen molar-refractivity contribution in [1.82, 2.24) is 4.57 Å². The van der Waals surface area contributed by atoms with Gasteiger partial charge in [0.25, 0.3) is 0 Å². The summed E-state index contributed by atoms with van der Waals surface area (Å²) in [5.74, 6) is 0. The average molecular weight is 343 g/mol. The number of aliphatic hydroxyl groups is 2. The van der Waals surface area contributed by atoms with Crippen LogP contribution in [-0.4, -0.2) is 27.5 Å². The summed E-state index contributed by atoms with van der Waals surface area (Å²) >= 11 is 0. The molecule has 0 spiro atoms. The van der Waals surface area contributed by atoms with Gasteiger partial charge in [0, 0.05) is 11.7 Å². The van der Waals surface area contributed by atoms with Crippen LogP contribution < -0.4 is 0 Å². The first-order valence-corrected chi connectivity index (χ1v) is 8.78. The van der Waals surface area contributed by atoms with E-state index in [0.717, 1.165) is 27.6 Å². The number of rotatable bonds is 5. The Morgan fingerprint density at radius 2 is 1.46 bits per heavy atom. The predicted octanol–water partition coefficient (Wildman–Crippen LogP) is 4.25. The Kier molecular flexibility index (Phi) is 4.57. The highest BCUT2D eigenvalue weighted by atomic mass is 16.3. The van der Waals surface area contributed by atoms with E-state index in [1.54, 1.807) is 0 Å². The van der Waals surface area contributed by atoms with Gasteiger partial charge in [-0.3, -0.25) is 0 Å². The van der Waals surface area contributed by atoms with E-state index in [1.807, 2.05) is 60.8 Å². The highest BCUT2D eigenvalue weighted by Gasteiger charge is 2.23. The second kappa shape index (κ2) is 7.16. The fourth-order valence-electron chi connectivity index (χ4n) is 3.52. The lowest BCUT2D eigenvalue weighted by atomic mass is 10.0. The van der Waals surface area contributed by atoms with E-state index in [-0.39, 0.29) is 12.6 Å². The minimum Gasteiger partial charge on any atom is -0.394 e. The molecule has 0 bridgehead atoms. The summed E-state index contributed by atoms with van der Waals surface area (Å²) < 4.78 is 2.05. The first kappa shape index (κ1) is 16.6. The SMILES string of the molecule is OC[C@@H](O)[C@H](c1ccccc1)n1ccc2ccc(-c3ccccc3)cc21. The van der Waals surface area contributed by atoms with Gasteiger partial charge in [-0.25, -0.2) is 0 Å². The number of hydrogen-bond donors (Lipinski definition) is 2. The van der Waals surface area contributed by atoms with E-state index >= 15 is 0 Å². The molecule has 0 aliphatic heterocycles. The Morgan fingerprint density at radius 3 is 2.15 bits per heavy atom. The fraction of sp³-hybridized carbons (Fsp3) is 0.130. The lowest BCUT2D eigenvalue weighted by molar-refractivity contribution is 0.0654. The maximum atomic E-state index is 10.5. The monoisotopic (exact) mass is 343 g/mol. The molecule has 0 saturated heterocycles. The van der Waals surface area contributed by atoms with Crippen LogP contribution in [0.15, 0.2) is 91.1 Å². The molecule has 130 valence electrons. The van der Waals surface area contributed by atoms with Crippen molar-refractivity contribution < 1.29 is 10.2 Å². The standard InChI is InChI=1S/C23H21NO2/c25-16-22(26)23(19-9-5-2-6-10-19)24-14-13-18-11-12-20(15-21(18)24)17-7-3-1-4-8-17/h1-15,22-23,25-26H,16H2/t22-,23+/m1/s1. The third kappa shape index (κ3) is 3.03. The first-order chi connectivity index (χ1) is 12.8. The molecule has 0 aliphatic rings. The Bertz CT molecular complexity index is 993. The minimum absolute atomic E-state index is 0.294. The van der Waals surface area contributed by atoms with Crippen LogP contribution in [0, 0.1) is 0 Å². The van der Waals surface area contributed by atoms with Gasteiger partial charge >= 0.3 is 0 Å². The largest absolute Gasteiger partial charge is 0.394 e. The van der Waals surface area contributed by atoms with Crippen LogP contribution in [-0.2, 0) is 0 Å². The van der Waals surface area contributed by atoms with E-state index in [2.05, 4.69) is 34.9 Å². The molecule has 1 heterocycles. The number of aliphatic hydroxyl groups excluding tert-OH is 2. The molecule has 0 amide bonds. The molecule has 2 atom stereocenters. The lowest BCUT2D eigenvalue weighted by Gasteiger charge is -2.25. The van der Waals surface area contributed by atoms with Gasteiger partial charge in [-0.05, 0) is 34.2 Å². The zero-order valence-corrected chi connectivity index (χ0v) is 14.4. The topological polar surface area (TPSA) is 45.4 Å². The number of aromatic nitrogens is 1. The molecule has 3 nitrogen and oxygen atoms in total. The Labute approximate surface area is 152 Å². The van der Waals surface area contributed by atoms with E-state index < -0.39 is 6.10 Å². The van der Waals surface area contributed by atoms with Crippen LogP contribution in [0.1, 0.15) is 11.6 Å². The summed E-state index contributed by atoms with van der Waals surface area (Å²) in [5, 5.41) is 21.2. The molecule has 0 fully saturated rings. The molecule has 0 aliphatic carbocycles. The predicted molar refractivity (Wildman–Crippen MR) is 105 cm³/mol. The smallest absolute Gasteiger partial charge is 0.102 e. The van der Waals surface area contributed by atoms with Gasteiger partial charge in [0.2, 0.25) is 0 Å². The summed E-state index contributed by atoms with van der Waals surface area (Å²) in [7, 11) is 0. The van der Waals surface area contributed by atoms with Crippen molar-refractivity contribution in [1.29, 1.82) is 0 Å². The quantitative estimate of drug-likeness (QED) is 0.569. The molecule has 2 N–H and O–H groups in total. The number of hydrogen-bond acceptors (Lipinski definition) is 2. The third-order valence-corrected chi connectivity index (χ3v) is 4.82. The molecule has 4 aromatic rings. The van der Waals surface area contributed by atoms with Crippen LogP contribution in [0.4, 0.5) is 0 Å². The van der Waals surface area contributed by atoms with Crippen molar-refractivity contribution in [3.63, 3.8) is 0 Å². The number of nitrogens with zero attached hydrogens (tertiary/aromatic N) is 1.